The third-order valence-corrected chi connectivity index (χ3v) is 6.71. The number of rotatable bonds is 8. The lowest BCUT2D eigenvalue weighted by Crippen LogP contribution is -2.33. The van der Waals surface area contributed by atoms with Crippen LogP contribution in [0.5, 0.6) is 0 Å². The average molecular weight is 635 g/mol. The Morgan fingerprint density at radius 2 is 1.64 bits per heavy atom. The quantitative estimate of drug-likeness (QED) is 0.174. The van der Waals surface area contributed by atoms with E-state index in [0.717, 1.165) is 17.7 Å². The van der Waals surface area contributed by atoms with Gasteiger partial charge in [0.15, 0.2) is 5.94 Å². The van der Waals surface area contributed by atoms with Crippen LogP contribution in [0.15, 0.2) is 109 Å². The number of alkyl halides is 3. The van der Waals surface area contributed by atoms with Crippen molar-refractivity contribution in [2.45, 2.75) is 12.7 Å². The summed E-state index contributed by atoms with van der Waals surface area (Å²) in [5, 5.41) is 7.14. The average Bonchev–Trinajstić information content (AvgIpc) is 3.44. The summed E-state index contributed by atoms with van der Waals surface area (Å²) in [6.07, 6.45) is 0.0388. The number of nitrogens with one attached hydrogen (secondary N) is 1. The van der Waals surface area contributed by atoms with Gasteiger partial charge in [-0.25, -0.2) is 14.0 Å². The van der Waals surface area contributed by atoms with Crippen molar-refractivity contribution in [3.63, 3.8) is 0 Å². The predicted molar refractivity (Wildman–Crippen MR) is 164 cm³/mol. The van der Waals surface area contributed by atoms with Crippen LogP contribution in [-0.4, -0.2) is 39.0 Å². The number of anilines is 1. The Bertz CT molecular complexity index is 1870. The minimum Gasteiger partial charge on any atom is -0.325 e. The SMILES string of the molecule is Cl.O=C=C(Cn1nc(-c2ccccc2)cc1C1=CC=CC(=C=O)N1CC(=O)Nc1cccc(C(F)(F)F)c1)c1ccc(F)cc1. The van der Waals surface area contributed by atoms with Crippen LogP contribution in [-0.2, 0) is 27.1 Å². The summed E-state index contributed by atoms with van der Waals surface area (Å²) in [4.78, 5) is 38.4. The Morgan fingerprint density at radius 3 is 2.31 bits per heavy atom. The zero-order valence-corrected chi connectivity index (χ0v) is 24.0. The van der Waals surface area contributed by atoms with Crippen LogP contribution in [0, 0.1) is 5.82 Å². The van der Waals surface area contributed by atoms with Crippen molar-refractivity contribution < 1.29 is 31.9 Å². The highest BCUT2D eigenvalue weighted by molar-refractivity contribution is 5.94. The fourth-order valence-electron chi connectivity index (χ4n) is 4.62. The fourth-order valence-corrected chi connectivity index (χ4v) is 4.62. The number of hydrogen-bond acceptors (Lipinski definition) is 5. The highest BCUT2D eigenvalue weighted by Gasteiger charge is 2.31. The lowest BCUT2D eigenvalue weighted by Gasteiger charge is -2.28. The van der Waals surface area contributed by atoms with E-state index in [1.807, 2.05) is 36.3 Å². The van der Waals surface area contributed by atoms with Crippen LogP contribution in [0.4, 0.5) is 23.2 Å². The highest BCUT2D eigenvalue weighted by Crippen LogP contribution is 2.32. The molecule has 0 atom stereocenters. The molecule has 12 heteroatoms. The molecule has 1 aliphatic heterocycles. The first kappa shape index (κ1) is 32.4. The Morgan fingerprint density at radius 1 is 0.911 bits per heavy atom. The van der Waals surface area contributed by atoms with E-state index in [1.54, 1.807) is 24.2 Å². The van der Waals surface area contributed by atoms with Crippen molar-refractivity contribution in [3.8, 4) is 11.3 Å². The zero-order chi connectivity index (χ0) is 31.3. The molecule has 2 heterocycles. The molecule has 4 aromatic rings. The molecule has 0 saturated carbocycles. The monoisotopic (exact) mass is 634 g/mol. The summed E-state index contributed by atoms with van der Waals surface area (Å²) in [6, 6.07) is 20.4. The van der Waals surface area contributed by atoms with Crippen LogP contribution in [0.2, 0.25) is 0 Å². The van der Waals surface area contributed by atoms with Gasteiger partial charge in [0.25, 0.3) is 0 Å². The lowest BCUT2D eigenvalue weighted by atomic mass is 10.1. The maximum absolute atomic E-state index is 13.5. The van der Waals surface area contributed by atoms with Crippen molar-refractivity contribution in [2.75, 3.05) is 11.9 Å². The molecule has 7 nitrogen and oxygen atoms in total. The largest absolute Gasteiger partial charge is 0.416 e. The lowest BCUT2D eigenvalue weighted by molar-refractivity contribution is -0.137. The summed E-state index contributed by atoms with van der Waals surface area (Å²) in [7, 11) is 0. The van der Waals surface area contributed by atoms with E-state index in [0.29, 0.717) is 22.6 Å². The van der Waals surface area contributed by atoms with Crippen LogP contribution >= 0.6 is 12.4 Å². The van der Waals surface area contributed by atoms with Crippen molar-refractivity contribution in [1.82, 2.24) is 14.7 Å². The molecule has 1 N–H and O–H groups in total. The normalized spacial score (nSPS) is 12.5. The minimum atomic E-state index is -4.60. The minimum absolute atomic E-state index is 0. The van der Waals surface area contributed by atoms with E-state index in [9.17, 15) is 31.9 Å². The van der Waals surface area contributed by atoms with Gasteiger partial charge in [-0.2, -0.15) is 18.3 Å². The Hall–Kier alpha value is -5.47. The topological polar surface area (TPSA) is 84.3 Å². The van der Waals surface area contributed by atoms with E-state index in [1.165, 1.54) is 52.1 Å². The number of carbonyl (C=O) groups excluding carboxylic acids is 3. The Kier molecular flexibility index (Phi) is 10.0. The van der Waals surface area contributed by atoms with Crippen molar-refractivity contribution >= 4 is 47.2 Å². The summed E-state index contributed by atoms with van der Waals surface area (Å²) >= 11 is 0. The van der Waals surface area contributed by atoms with Crippen LogP contribution in [0.1, 0.15) is 16.8 Å². The van der Waals surface area contributed by atoms with Crippen molar-refractivity contribution in [2.24, 2.45) is 0 Å². The number of aromatic nitrogens is 2. The van der Waals surface area contributed by atoms with Crippen molar-refractivity contribution in [1.29, 1.82) is 0 Å². The van der Waals surface area contributed by atoms with Gasteiger partial charge in [0, 0.05) is 11.3 Å². The summed E-state index contributed by atoms with van der Waals surface area (Å²) in [6.45, 7) is -0.556. The van der Waals surface area contributed by atoms with Gasteiger partial charge in [0.2, 0.25) is 5.91 Å². The molecule has 0 bridgehead atoms. The van der Waals surface area contributed by atoms with E-state index >= 15 is 0 Å². The summed E-state index contributed by atoms with van der Waals surface area (Å²) in [5.74, 6) is 2.52. The standard InChI is InChI=1S/C33H22F4N4O3.ClH/c34-26-14-12-22(13-15-26)24(20-42)18-41-31(17-29(39-41)23-6-2-1-3-7-23)30-11-5-10-28(21-43)40(30)19-32(44)38-27-9-4-8-25(16-27)33(35,36)37;/h1-17H,18-19H2,(H,38,44);1H. The van der Waals surface area contributed by atoms with E-state index in [-0.39, 0.29) is 35.9 Å². The molecule has 45 heavy (non-hydrogen) atoms. The molecule has 1 aromatic heterocycles. The first-order valence-electron chi connectivity index (χ1n) is 13.2. The number of amides is 1. The Labute approximate surface area is 260 Å². The molecule has 1 amide bonds. The highest BCUT2D eigenvalue weighted by atomic mass is 35.5. The maximum Gasteiger partial charge on any atom is 0.416 e. The number of nitrogens with zero attached hydrogens (tertiary/aromatic N) is 3. The van der Waals surface area contributed by atoms with Crippen LogP contribution in [0.3, 0.4) is 0 Å². The van der Waals surface area contributed by atoms with Gasteiger partial charge in [-0.1, -0.05) is 54.6 Å². The first-order chi connectivity index (χ1) is 21.2. The summed E-state index contributed by atoms with van der Waals surface area (Å²) < 4.78 is 54.6. The molecule has 0 unspecified atom stereocenters. The number of halogens is 5. The van der Waals surface area contributed by atoms with Gasteiger partial charge in [0.05, 0.1) is 34.8 Å². The molecule has 1 aliphatic rings. The molecular formula is C33H23ClF4N4O3. The number of hydrogen-bond donors (Lipinski definition) is 1. The molecular weight excluding hydrogens is 612 g/mol. The van der Waals surface area contributed by atoms with E-state index in [2.05, 4.69) is 10.4 Å². The van der Waals surface area contributed by atoms with Gasteiger partial charge in [-0.3, -0.25) is 9.48 Å². The second kappa shape index (κ2) is 13.9. The molecule has 228 valence electrons. The van der Waals surface area contributed by atoms with Gasteiger partial charge < -0.3 is 10.2 Å². The van der Waals surface area contributed by atoms with E-state index in [4.69, 9.17) is 0 Å². The van der Waals surface area contributed by atoms with Crippen LogP contribution < -0.4 is 5.32 Å². The molecule has 3 aromatic carbocycles. The third-order valence-electron chi connectivity index (χ3n) is 6.71. The smallest absolute Gasteiger partial charge is 0.325 e. The van der Waals surface area contributed by atoms with Crippen molar-refractivity contribution in [3.05, 3.63) is 131 Å². The number of benzene rings is 3. The molecule has 0 saturated heterocycles. The second-order valence-electron chi connectivity index (χ2n) is 9.64. The molecule has 0 spiro atoms. The number of carbonyl (C=O) groups is 1. The zero-order valence-electron chi connectivity index (χ0n) is 23.2. The first-order valence-corrected chi connectivity index (χ1v) is 13.2. The molecule has 0 fully saturated rings. The third kappa shape index (κ3) is 7.55. The molecule has 0 radical (unpaired) electrons. The fraction of sp³-hybridized carbons (Fsp3) is 0.0909. The molecule has 5 rings (SSSR count). The molecule has 0 aliphatic carbocycles. The second-order valence-corrected chi connectivity index (χ2v) is 9.64. The summed E-state index contributed by atoms with van der Waals surface area (Å²) in [5.41, 5.74) is 1.59. The number of allylic oxidation sites excluding steroid dienone is 4. The van der Waals surface area contributed by atoms with Gasteiger partial charge in [-0.15, -0.1) is 12.4 Å². The van der Waals surface area contributed by atoms with Gasteiger partial charge in [-0.05, 0) is 54.1 Å². The maximum atomic E-state index is 13.5. The predicted octanol–water partition coefficient (Wildman–Crippen LogP) is 6.61. The van der Waals surface area contributed by atoms with Gasteiger partial charge in [0.1, 0.15) is 24.0 Å². The Balaban J connectivity index is 0.00000461. The van der Waals surface area contributed by atoms with E-state index < -0.39 is 30.0 Å². The van der Waals surface area contributed by atoms with Crippen LogP contribution in [0.25, 0.3) is 22.5 Å². The van der Waals surface area contributed by atoms with Gasteiger partial charge >= 0.3 is 6.18 Å².